The number of fused-ring (bicyclic) bond motifs is 3. The van der Waals surface area contributed by atoms with Crippen LogP contribution in [0.3, 0.4) is 0 Å². The lowest BCUT2D eigenvalue weighted by Gasteiger charge is -2.28. The molecule has 0 bridgehead atoms. The number of ether oxygens (including phenoxy) is 1. The summed E-state index contributed by atoms with van der Waals surface area (Å²) in [6, 6.07) is 7.82. The van der Waals surface area contributed by atoms with Crippen molar-refractivity contribution in [3.63, 3.8) is 0 Å². The maximum absolute atomic E-state index is 12.8. The highest BCUT2D eigenvalue weighted by Gasteiger charge is 2.64. The zero-order chi connectivity index (χ0) is 14.6. The Balaban J connectivity index is 1.89. The third-order valence-electron chi connectivity index (χ3n) is 5.30. The van der Waals surface area contributed by atoms with Crippen molar-refractivity contribution < 1.29 is 14.3 Å². The number of hydrogen-bond donors (Lipinski definition) is 1. The predicted molar refractivity (Wildman–Crippen MR) is 76.9 cm³/mol. The van der Waals surface area contributed by atoms with Gasteiger partial charge >= 0.3 is 5.97 Å². The van der Waals surface area contributed by atoms with Crippen LogP contribution in [-0.2, 0) is 19.7 Å². The molecule has 2 saturated heterocycles. The number of carbonyl (C=O) groups is 2. The van der Waals surface area contributed by atoms with E-state index in [1.807, 2.05) is 24.3 Å². The number of hydrogen-bond acceptors (Lipinski definition) is 4. The van der Waals surface area contributed by atoms with E-state index in [9.17, 15) is 9.59 Å². The summed E-state index contributed by atoms with van der Waals surface area (Å²) in [5, 5.41) is 2.96. The average Bonchev–Trinajstić information content (AvgIpc) is 3.12. The summed E-state index contributed by atoms with van der Waals surface area (Å²) < 4.78 is 5.05. The molecule has 21 heavy (non-hydrogen) atoms. The second-order valence-electron chi connectivity index (χ2n) is 6.15. The van der Waals surface area contributed by atoms with Crippen LogP contribution in [0.15, 0.2) is 24.3 Å². The van der Waals surface area contributed by atoms with E-state index in [0.29, 0.717) is 6.54 Å². The van der Waals surface area contributed by atoms with Crippen LogP contribution in [0.2, 0.25) is 0 Å². The molecule has 0 radical (unpaired) electrons. The number of benzene rings is 1. The topological polar surface area (TPSA) is 58.6 Å². The Morgan fingerprint density at radius 3 is 3.05 bits per heavy atom. The first kappa shape index (κ1) is 12.8. The fraction of sp³-hybridized carbons (Fsp3) is 0.500. The molecule has 3 aliphatic rings. The molecule has 1 N–H and O–H groups in total. The van der Waals surface area contributed by atoms with Crippen molar-refractivity contribution in [1.82, 2.24) is 4.90 Å². The maximum atomic E-state index is 12.8. The van der Waals surface area contributed by atoms with Gasteiger partial charge in [0.15, 0.2) is 0 Å². The summed E-state index contributed by atoms with van der Waals surface area (Å²) in [5.41, 5.74) is 0.992. The number of para-hydroxylation sites is 1. The van der Waals surface area contributed by atoms with Crippen molar-refractivity contribution in [2.24, 2.45) is 5.92 Å². The molecular weight excluding hydrogens is 268 g/mol. The van der Waals surface area contributed by atoms with Crippen molar-refractivity contribution in [2.75, 3.05) is 25.5 Å². The van der Waals surface area contributed by atoms with Gasteiger partial charge in [0.05, 0.1) is 13.0 Å². The second-order valence-corrected chi connectivity index (χ2v) is 6.15. The molecule has 3 heterocycles. The van der Waals surface area contributed by atoms with E-state index in [1.165, 1.54) is 7.11 Å². The molecule has 0 aromatic heterocycles. The Hall–Kier alpha value is -1.88. The molecule has 2 fully saturated rings. The Labute approximate surface area is 123 Å². The van der Waals surface area contributed by atoms with Crippen LogP contribution in [0.1, 0.15) is 18.4 Å². The monoisotopic (exact) mass is 286 g/mol. The first-order valence-corrected chi connectivity index (χ1v) is 7.41. The number of nitrogens with one attached hydrogen (secondary N) is 1. The third-order valence-corrected chi connectivity index (χ3v) is 5.30. The fourth-order valence-electron chi connectivity index (χ4n) is 4.46. The van der Waals surface area contributed by atoms with Crippen LogP contribution >= 0.6 is 0 Å². The Bertz CT molecular complexity index is 630. The zero-order valence-corrected chi connectivity index (χ0v) is 12.0. The molecule has 5 heteroatoms. The standard InChI is InChI=1S/C16H18N2O3/c1-21-14(19)13-12-7-4-8-18(12)9-16(13)10-5-2-3-6-11(10)17-15(16)20/h2-3,5-6,12-13H,4,7-9H2,1H3,(H,17,20)/t12-,13+,16+/m1/s1. The number of amides is 1. The first-order valence-electron chi connectivity index (χ1n) is 7.41. The van der Waals surface area contributed by atoms with E-state index < -0.39 is 11.3 Å². The summed E-state index contributed by atoms with van der Waals surface area (Å²) in [6.07, 6.45) is 2.04. The maximum Gasteiger partial charge on any atom is 0.311 e. The molecule has 0 aliphatic carbocycles. The van der Waals surface area contributed by atoms with Gasteiger partial charge in [-0.05, 0) is 31.0 Å². The summed E-state index contributed by atoms with van der Waals surface area (Å²) in [6.45, 7) is 1.57. The molecule has 5 nitrogen and oxygen atoms in total. The smallest absolute Gasteiger partial charge is 0.311 e. The molecule has 110 valence electrons. The normalized spacial score (nSPS) is 33.9. The average molecular weight is 286 g/mol. The molecule has 0 saturated carbocycles. The minimum Gasteiger partial charge on any atom is -0.469 e. The number of rotatable bonds is 1. The van der Waals surface area contributed by atoms with Gasteiger partial charge in [-0.15, -0.1) is 0 Å². The van der Waals surface area contributed by atoms with Gasteiger partial charge in [-0.25, -0.2) is 0 Å². The lowest BCUT2D eigenvalue weighted by Crippen LogP contribution is -2.47. The van der Waals surface area contributed by atoms with E-state index in [0.717, 1.165) is 30.6 Å². The summed E-state index contributed by atoms with van der Waals surface area (Å²) in [7, 11) is 1.41. The Morgan fingerprint density at radius 2 is 2.24 bits per heavy atom. The predicted octanol–water partition coefficient (Wildman–Crippen LogP) is 1.14. The highest BCUT2D eigenvalue weighted by atomic mass is 16.5. The molecule has 4 rings (SSSR count). The van der Waals surface area contributed by atoms with Gasteiger partial charge in [0, 0.05) is 18.3 Å². The van der Waals surface area contributed by atoms with Gasteiger partial charge in [0.2, 0.25) is 5.91 Å². The van der Waals surface area contributed by atoms with Crippen LogP contribution < -0.4 is 5.32 Å². The SMILES string of the molecule is COC(=O)[C@@H]1[C@H]2CCCN2C[C@@]12C(=O)Nc1ccccc12. The number of nitrogens with zero attached hydrogens (tertiary/aromatic N) is 1. The Morgan fingerprint density at radius 1 is 1.43 bits per heavy atom. The molecule has 1 amide bonds. The molecule has 3 aliphatic heterocycles. The van der Waals surface area contributed by atoms with Gasteiger partial charge in [-0.1, -0.05) is 18.2 Å². The molecule has 1 aromatic rings. The molecule has 1 spiro atoms. The minimum absolute atomic E-state index is 0.0616. The third kappa shape index (κ3) is 1.50. The molecular formula is C16H18N2O3. The van der Waals surface area contributed by atoms with E-state index >= 15 is 0 Å². The quantitative estimate of drug-likeness (QED) is 0.787. The number of methoxy groups -OCH3 is 1. The minimum atomic E-state index is -0.783. The Kier molecular flexibility index (Phi) is 2.63. The molecule has 3 atom stereocenters. The van der Waals surface area contributed by atoms with Crippen molar-refractivity contribution in [1.29, 1.82) is 0 Å². The number of carbonyl (C=O) groups excluding carboxylic acids is 2. The highest BCUT2D eigenvalue weighted by molar-refractivity contribution is 6.09. The summed E-state index contributed by atoms with van der Waals surface area (Å²) in [5.74, 6) is -0.738. The molecule has 1 aromatic carbocycles. The second kappa shape index (κ2) is 4.31. The van der Waals surface area contributed by atoms with Crippen molar-refractivity contribution in [3.05, 3.63) is 29.8 Å². The van der Waals surface area contributed by atoms with Crippen LogP contribution in [0.25, 0.3) is 0 Å². The number of esters is 1. The summed E-state index contributed by atoms with van der Waals surface area (Å²) >= 11 is 0. The zero-order valence-electron chi connectivity index (χ0n) is 12.0. The van der Waals surface area contributed by atoms with E-state index in [4.69, 9.17) is 4.74 Å². The van der Waals surface area contributed by atoms with Crippen LogP contribution in [0.5, 0.6) is 0 Å². The van der Waals surface area contributed by atoms with Gasteiger partial charge in [0.1, 0.15) is 5.41 Å². The van der Waals surface area contributed by atoms with Gasteiger partial charge in [-0.3, -0.25) is 14.5 Å². The van der Waals surface area contributed by atoms with Gasteiger partial charge in [0.25, 0.3) is 0 Å². The van der Waals surface area contributed by atoms with E-state index in [-0.39, 0.29) is 17.9 Å². The lowest BCUT2D eigenvalue weighted by molar-refractivity contribution is -0.150. The van der Waals surface area contributed by atoms with E-state index in [1.54, 1.807) is 0 Å². The van der Waals surface area contributed by atoms with Gasteiger partial charge < -0.3 is 10.1 Å². The van der Waals surface area contributed by atoms with Crippen molar-refractivity contribution in [3.8, 4) is 0 Å². The largest absolute Gasteiger partial charge is 0.469 e. The van der Waals surface area contributed by atoms with Crippen LogP contribution in [0.4, 0.5) is 5.69 Å². The van der Waals surface area contributed by atoms with Crippen molar-refractivity contribution >= 4 is 17.6 Å². The highest BCUT2D eigenvalue weighted by Crippen LogP contribution is 2.52. The first-order chi connectivity index (χ1) is 10.2. The van der Waals surface area contributed by atoms with Gasteiger partial charge in [-0.2, -0.15) is 0 Å². The lowest BCUT2D eigenvalue weighted by atomic mass is 9.70. The van der Waals surface area contributed by atoms with Crippen molar-refractivity contribution in [2.45, 2.75) is 24.3 Å². The molecule has 0 unspecified atom stereocenters. The van der Waals surface area contributed by atoms with Crippen LogP contribution in [0, 0.1) is 5.92 Å². The number of anilines is 1. The fourth-order valence-corrected chi connectivity index (χ4v) is 4.46. The van der Waals surface area contributed by atoms with Crippen LogP contribution in [-0.4, -0.2) is 43.0 Å². The van der Waals surface area contributed by atoms with E-state index in [2.05, 4.69) is 10.2 Å². The summed E-state index contributed by atoms with van der Waals surface area (Å²) in [4.78, 5) is 27.5.